The van der Waals surface area contributed by atoms with Gasteiger partial charge in [-0.05, 0) is 99.6 Å². The lowest BCUT2D eigenvalue weighted by Gasteiger charge is -2.20. The number of rotatable bonds is 6. The number of hydrogen-bond donors (Lipinski definition) is 0. The van der Waals surface area contributed by atoms with Crippen molar-refractivity contribution in [1.82, 2.24) is 9.13 Å². The summed E-state index contributed by atoms with van der Waals surface area (Å²) in [5.74, 6) is 0. The van der Waals surface area contributed by atoms with Gasteiger partial charge >= 0.3 is 6.18 Å². The molecule has 0 saturated carbocycles. The van der Waals surface area contributed by atoms with E-state index in [1.807, 2.05) is 97.1 Å². The predicted octanol–water partition coefficient (Wildman–Crippen LogP) is 16.7. The van der Waals surface area contributed by atoms with E-state index < -0.39 is 11.7 Å². The Morgan fingerprint density at radius 3 is 1.44 bits per heavy atom. The van der Waals surface area contributed by atoms with Gasteiger partial charge in [0, 0.05) is 32.7 Å². The van der Waals surface area contributed by atoms with Gasteiger partial charge in [0.1, 0.15) is 0 Å². The van der Waals surface area contributed by atoms with Crippen LogP contribution in [-0.2, 0) is 6.18 Å². The third-order valence-electron chi connectivity index (χ3n) is 12.2. The number of aromatic nitrogens is 2. The Bertz CT molecular complexity index is 3730. The lowest BCUT2D eigenvalue weighted by Crippen LogP contribution is -2.04. The van der Waals surface area contributed by atoms with E-state index in [-0.39, 0.29) is 5.69 Å². The van der Waals surface area contributed by atoms with Gasteiger partial charge in [0.15, 0.2) is 11.4 Å². The fraction of sp³-hybridized carbons (Fsp3) is 0.0175. The molecule has 0 unspecified atom stereocenters. The molecule has 0 fully saturated rings. The lowest BCUT2D eigenvalue weighted by molar-refractivity contribution is -0.137. The highest BCUT2D eigenvalue weighted by Crippen LogP contribution is 2.46. The highest BCUT2D eigenvalue weighted by molar-refractivity contribution is 6.13. The fourth-order valence-electron chi connectivity index (χ4n) is 9.25. The second-order valence-corrected chi connectivity index (χ2v) is 15.8. The van der Waals surface area contributed by atoms with Crippen molar-refractivity contribution in [2.75, 3.05) is 0 Å². The zero-order chi connectivity index (χ0) is 43.5. The maximum atomic E-state index is 13.9. The molecule has 9 aromatic carbocycles. The molecule has 0 N–H and O–H groups in total. The summed E-state index contributed by atoms with van der Waals surface area (Å²) in [4.78, 5) is 7.50. The molecule has 64 heavy (non-hydrogen) atoms. The van der Waals surface area contributed by atoms with Crippen molar-refractivity contribution in [2.45, 2.75) is 6.18 Å². The largest absolute Gasteiger partial charge is 0.415 e. The van der Waals surface area contributed by atoms with Crippen molar-refractivity contribution in [3.05, 3.63) is 229 Å². The zero-order valence-corrected chi connectivity index (χ0v) is 34.0. The molecule has 0 radical (unpaired) electrons. The normalized spacial score (nSPS) is 11.6. The van der Waals surface area contributed by atoms with E-state index >= 15 is 0 Å². The van der Waals surface area contributed by atoms with Gasteiger partial charge in [0.25, 0.3) is 0 Å². The van der Waals surface area contributed by atoms with Gasteiger partial charge in [-0.1, -0.05) is 140 Å². The van der Waals surface area contributed by atoms with Crippen molar-refractivity contribution in [3.63, 3.8) is 0 Å². The van der Waals surface area contributed by atoms with Crippen molar-refractivity contribution in [1.29, 1.82) is 0 Å². The molecule has 4 nitrogen and oxygen atoms in total. The summed E-state index contributed by atoms with van der Waals surface area (Å²) in [6, 6.07) is 64.9. The molecular formula is C57H33F3N4. The van der Waals surface area contributed by atoms with Crippen LogP contribution in [0.5, 0.6) is 0 Å². The van der Waals surface area contributed by atoms with Crippen LogP contribution in [0.4, 0.5) is 24.5 Å². The Morgan fingerprint density at radius 1 is 0.359 bits per heavy atom. The van der Waals surface area contributed by atoms with Crippen molar-refractivity contribution in [3.8, 4) is 55.9 Å². The standard InChI is InChI=1S/C57H33F3N4/c1-61-42-25-30-55(63-51-19-11-9-17-44(51)47-31-38(22-28-53(47)63)36-13-5-3-6-14-36)49(35-42)46-26-21-40(43-27-24-41(57(58,59)60)34-50(43)62-2)33-56(46)64-52-20-12-10-18-45(52)48-32-39(23-29-54(48)64)37-15-7-4-8-16-37/h3-35H. The fourth-order valence-corrected chi connectivity index (χ4v) is 9.25. The molecule has 0 bridgehead atoms. The molecule has 0 atom stereocenters. The molecule has 11 aromatic rings. The van der Waals surface area contributed by atoms with Gasteiger partial charge in [-0.25, -0.2) is 9.69 Å². The molecule has 0 saturated heterocycles. The molecule has 0 spiro atoms. The lowest BCUT2D eigenvalue weighted by atomic mass is 9.94. The molecule has 0 aliphatic rings. The van der Waals surface area contributed by atoms with E-state index in [0.717, 1.165) is 100 Å². The third-order valence-corrected chi connectivity index (χ3v) is 12.2. The third kappa shape index (κ3) is 6.30. The Labute approximate surface area is 366 Å². The Hall–Kier alpha value is -8.65. The summed E-state index contributed by atoms with van der Waals surface area (Å²) in [6.07, 6.45) is -4.60. The predicted molar refractivity (Wildman–Crippen MR) is 254 cm³/mol. The molecule has 2 aromatic heterocycles. The maximum absolute atomic E-state index is 13.9. The maximum Gasteiger partial charge on any atom is 0.415 e. The molecule has 0 aliphatic heterocycles. The van der Waals surface area contributed by atoms with Crippen molar-refractivity contribution >= 4 is 55.0 Å². The minimum absolute atomic E-state index is 0.0981. The average Bonchev–Trinajstić information content (AvgIpc) is 3.85. The van der Waals surface area contributed by atoms with E-state index in [4.69, 9.17) is 13.1 Å². The van der Waals surface area contributed by atoms with Crippen LogP contribution in [0.3, 0.4) is 0 Å². The highest BCUT2D eigenvalue weighted by Gasteiger charge is 2.31. The first-order chi connectivity index (χ1) is 31.3. The molecule has 7 heteroatoms. The average molecular weight is 831 g/mol. The molecule has 302 valence electrons. The smallest absolute Gasteiger partial charge is 0.309 e. The summed E-state index contributed by atoms with van der Waals surface area (Å²) in [5.41, 5.74) is 11.8. The number of para-hydroxylation sites is 2. The summed E-state index contributed by atoms with van der Waals surface area (Å²) in [6.45, 7) is 16.2. The minimum Gasteiger partial charge on any atom is -0.309 e. The molecule has 2 heterocycles. The van der Waals surface area contributed by atoms with Gasteiger partial charge in [-0.2, -0.15) is 13.2 Å². The van der Waals surface area contributed by atoms with Crippen LogP contribution in [0.15, 0.2) is 200 Å². The zero-order valence-electron chi connectivity index (χ0n) is 34.0. The summed E-state index contributed by atoms with van der Waals surface area (Å²) in [7, 11) is 0. The van der Waals surface area contributed by atoms with E-state index in [0.29, 0.717) is 16.8 Å². The first kappa shape index (κ1) is 38.3. The van der Waals surface area contributed by atoms with Crippen molar-refractivity contribution < 1.29 is 13.2 Å². The first-order valence-corrected chi connectivity index (χ1v) is 20.7. The Kier molecular flexibility index (Phi) is 9.01. The summed E-state index contributed by atoms with van der Waals surface area (Å²) < 4.78 is 46.3. The highest BCUT2D eigenvalue weighted by atomic mass is 19.4. The van der Waals surface area contributed by atoms with Crippen LogP contribution >= 0.6 is 0 Å². The molecular weight excluding hydrogens is 798 g/mol. The Morgan fingerprint density at radius 2 is 0.875 bits per heavy atom. The van der Waals surface area contributed by atoms with Crippen LogP contribution in [0.1, 0.15) is 5.56 Å². The summed E-state index contributed by atoms with van der Waals surface area (Å²) >= 11 is 0. The topological polar surface area (TPSA) is 18.6 Å². The number of fused-ring (bicyclic) bond motifs is 6. The number of halogens is 3. The van der Waals surface area contributed by atoms with Gasteiger partial charge in [0.2, 0.25) is 0 Å². The van der Waals surface area contributed by atoms with Gasteiger partial charge < -0.3 is 9.13 Å². The monoisotopic (exact) mass is 830 g/mol. The SMILES string of the molecule is [C-]#[N+]c1ccc(-n2c3ccccc3c3cc(-c4ccccc4)ccc32)c(-c2ccc(-c3ccc(C(F)(F)F)cc3[N+]#[C-])cc2-n2c3ccccc3c3cc(-c4ccccc4)ccc32)c1. The van der Waals surface area contributed by atoms with Crippen LogP contribution in [0.25, 0.3) is 109 Å². The number of benzene rings is 9. The number of hydrogen-bond acceptors (Lipinski definition) is 0. The van der Waals surface area contributed by atoms with Gasteiger partial charge in [-0.3, -0.25) is 0 Å². The second-order valence-electron chi connectivity index (χ2n) is 15.8. The van der Waals surface area contributed by atoms with Crippen LogP contribution in [0.2, 0.25) is 0 Å². The van der Waals surface area contributed by atoms with E-state index in [9.17, 15) is 13.2 Å². The number of alkyl halides is 3. The quantitative estimate of drug-likeness (QED) is 0.149. The molecule has 0 amide bonds. The van der Waals surface area contributed by atoms with Crippen LogP contribution in [-0.4, -0.2) is 9.13 Å². The van der Waals surface area contributed by atoms with Crippen molar-refractivity contribution in [2.24, 2.45) is 0 Å². The van der Waals surface area contributed by atoms with Gasteiger partial charge in [-0.15, -0.1) is 0 Å². The molecule has 11 rings (SSSR count). The van der Waals surface area contributed by atoms with Crippen LogP contribution < -0.4 is 0 Å². The summed E-state index contributed by atoms with van der Waals surface area (Å²) in [5, 5.41) is 4.21. The van der Waals surface area contributed by atoms with E-state index in [2.05, 4.69) is 104 Å². The Balaban J connectivity index is 1.22. The number of nitrogens with zero attached hydrogens (tertiary/aromatic N) is 4. The molecule has 0 aliphatic carbocycles. The van der Waals surface area contributed by atoms with E-state index in [1.54, 1.807) is 0 Å². The van der Waals surface area contributed by atoms with E-state index in [1.165, 1.54) is 6.07 Å². The van der Waals surface area contributed by atoms with Crippen LogP contribution in [0, 0.1) is 13.1 Å². The first-order valence-electron chi connectivity index (χ1n) is 20.7. The minimum atomic E-state index is -4.60. The second kappa shape index (κ2) is 15.1. The van der Waals surface area contributed by atoms with Gasteiger partial charge in [0.05, 0.1) is 46.6 Å².